The fourth-order valence-corrected chi connectivity index (χ4v) is 3.09. The number of alkyl halides is 3. The predicted molar refractivity (Wildman–Crippen MR) is 119 cm³/mol. The number of aryl methyl sites for hydroxylation is 1. The first kappa shape index (κ1) is 26.5. The second-order valence-electron chi connectivity index (χ2n) is 7.64. The summed E-state index contributed by atoms with van der Waals surface area (Å²) in [4.78, 5) is 17.5. The van der Waals surface area contributed by atoms with Crippen molar-refractivity contribution in [1.82, 2.24) is 20.2 Å². The molecule has 3 heterocycles. The molecular formula is C23H20F5N5O3. The van der Waals surface area contributed by atoms with Crippen LogP contribution in [0.5, 0.6) is 5.75 Å². The number of carboxylic acid groups (broad SMARTS) is 1. The fraction of sp³-hybridized carbons (Fsp3) is 0.217. The van der Waals surface area contributed by atoms with Crippen molar-refractivity contribution in [3.05, 3.63) is 71.8 Å². The lowest BCUT2D eigenvalue weighted by Gasteiger charge is -2.14. The van der Waals surface area contributed by atoms with Gasteiger partial charge < -0.3 is 15.6 Å². The minimum absolute atomic E-state index is 0.133. The second kappa shape index (κ2) is 11.1. The molecule has 4 rings (SSSR count). The largest absolute Gasteiger partial charge is 0.490 e. The zero-order chi connectivity index (χ0) is 26.5. The van der Waals surface area contributed by atoms with Crippen LogP contribution in [-0.2, 0) is 11.2 Å². The molecule has 0 aliphatic heterocycles. The van der Waals surface area contributed by atoms with E-state index in [9.17, 15) is 22.0 Å². The van der Waals surface area contributed by atoms with E-state index in [1.165, 1.54) is 12.1 Å². The number of hydrogen-bond donors (Lipinski definition) is 3. The number of carbonyl (C=O) groups is 1. The zero-order valence-corrected chi connectivity index (χ0v) is 18.7. The Morgan fingerprint density at radius 2 is 1.92 bits per heavy atom. The zero-order valence-electron chi connectivity index (χ0n) is 18.7. The molecular weight excluding hydrogens is 489 g/mol. The maximum atomic E-state index is 13.8. The lowest BCUT2D eigenvalue weighted by molar-refractivity contribution is -0.192. The van der Waals surface area contributed by atoms with Crippen LogP contribution in [0, 0.1) is 18.6 Å². The molecule has 0 spiro atoms. The predicted octanol–water partition coefficient (Wildman–Crippen LogP) is 4.19. The van der Waals surface area contributed by atoms with Crippen LogP contribution in [0.3, 0.4) is 0 Å². The van der Waals surface area contributed by atoms with E-state index < -0.39 is 29.8 Å². The monoisotopic (exact) mass is 509 g/mol. The highest BCUT2D eigenvalue weighted by Gasteiger charge is 2.38. The number of rotatable bonds is 6. The van der Waals surface area contributed by atoms with Crippen molar-refractivity contribution < 1.29 is 36.6 Å². The van der Waals surface area contributed by atoms with E-state index >= 15 is 0 Å². The first-order chi connectivity index (χ1) is 17.0. The first-order valence-corrected chi connectivity index (χ1v) is 10.3. The molecule has 0 bridgehead atoms. The van der Waals surface area contributed by atoms with Gasteiger partial charge in [-0.2, -0.15) is 18.3 Å². The van der Waals surface area contributed by atoms with E-state index in [0.717, 1.165) is 33.9 Å². The lowest BCUT2D eigenvalue weighted by atomic mass is 10.1. The van der Waals surface area contributed by atoms with Crippen molar-refractivity contribution in [3.8, 4) is 17.0 Å². The average Bonchev–Trinajstić information content (AvgIpc) is 3.21. The topological polar surface area (TPSA) is 127 Å². The van der Waals surface area contributed by atoms with Gasteiger partial charge in [-0.25, -0.2) is 13.6 Å². The Morgan fingerprint density at radius 1 is 1.19 bits per heavy atom. The molecule has 0 aliphatic carbocycles. The Kier molecular flexibility index (Phi) is 8.14. The molecule has 1 aromatic carbocycles. The van der Waals surface area contributed by atoms with Crippen molar-refractivity contribution in [2.45, 2.75) is 25.6 Å². The summed E-state index contributed by atoms with van der Waals surface area (Å²) in [6.45, 7) is 2.08. The number of fused-ring (bicyclic) bond motifs is 1. The Morgan fingerprint density at radius 3 is 2.61 bits per heavy atom. The summed E-state index contributed by atoms with van der Waals surface area (Å²) in [5, 5.41) is 15.2. The molecule has 0 fully saturated rings. The minimum Gasteiger partial charge on any atom is -0.490 e. The number of aromatic nitrogens is 4. The van der Waals surface area contributed by atoms with E-state index in [-0.39, 0.29) is 18.6 Å². The number of halogens is 5. The van der Waals surface area contributed by atoms with Crippen LogP contribution in [0.4, 0.5) is 22.0 Å². The van der Waals surface area contributed by atoms with Crippen LogP contribution in [0.1, 0.15) is 11.3 Å². The number of H-pyrrole nitrogens is 1. The van der Waals surface area contributed by atoms with Gasteiger partial charge >= 0.3 is 12.1 Å². The number of hydrogen-bond acceptors (Lipinski definition) is 6. The first-order valence-electron chi connectivity index (χ1n) is 10.3. The maximum absolute atomic E-state index is 13.8. The average molecular weight is 509 g/mol. The summed E-state index contributed by atoms with van der Waals surface area (Å²) in [5.41, 5.74) is 9.53. The number of benzene rings is 1. The summed E-state index contributed by atoms with van der Waals surface area (Å²) < 4.78 is 64.6. The van der Waals surface area contributed by atoms with E-state index in [1.54, 1.807) is 18.6 Å². The third kappa shape index (κ3) is 6.72. The Bertz CT molecular complexity index is 1360. The van der Waals surface area contributed by atoms with Crippen LogP contribution < -0.4 is 10.5 Å². The molecule has 0 saturated heterocycles. The van der Waals surface area contributed by atoms with Crippen molar-refractivity contribution >= 4 is 16.9 Å². The van der Waals surface area contributed by atoms with Crippen LogP contribution in [0.25, 0.3) is 22.2 Å². The van der Waals surface area contributed by atoms with Gasteiger partial charge in [0.25, 0.3) is 0 Å². The van der Waals surface area contributed by atoms with E-state index in [4.69, 9.17) is 20.4 Å². The van der Waals surface area contributed by atoms with Crippen molar-refractivity contribution in [3.63, 3.8) is 0 Å². The quantitative estimate of drug-likeness (QED) is 0.333. The van der Waals surface area contributed by atoms with E-state index in [0.29, 0.717) is 5.75 Å². The maximum Gasteiger partial charge on any atom is 0.490 e. The molecule has 0 aliphatic rings. The van der Waals surface area contributed by atoms with E-state index in [2.05, 4.69) is 20.2 Å². The normalized spacial score (nSPS) is 12.1. The number of nitrogens with two attached hydrogens (primary N) is 1. The Labute approximate surface area is 200 Å². The molecule has 13 heteroatoms. The summed E-state index contributed by atoms with van der Waals surface area (Å²) in [6.07, 6.45) is 0.0406. The van der Waals surface area contributed by atoms with Crippen molar-refractivity contribution in [2.24, 2.45) is 5.73 Å². The minimum atomic E-state index is -5.08. The summed E-state index contributed by atoms with van der Waals surface area (Å²) in [6, 6.07) is 7.30. The molecule has 1 atom stereocenters. The van der Waals surface area contributed by atoms with Gasteiger partial charge in [-0.3, -0.25) is 15.1 Å². The van der Waals surface area contributed by atoms with Crippen LogP contribution in [0.15, 0.2) is 48.9 Å². The molecule has 0 saturated carbocycles. The van der Waals surface area contributed by atoms with Gasteiger partial charge in [0.15, 0.2) is 11.6 Å². The van der Waals surface area contributed by atoms with Crippen LogP contribution >= 0.6 is 0 Å². The third-order valence-electron chi connectivity index (χ3n) is 4.86. The molecule has 36 heavy (non-hydrogen) atoms. The number of ether oxygens (including phenoxy) is 1. The highest BCUT2D eigenvalue weighted by Crippen LogP contribution is 2.25. The molecule has 4 N–H and O–H groups in total. The van der Waals surface area contributed by atoms with E-state index in [1.807, 2.05) is 19.1 Å². The number of nitrogens with one attached hydrogen (secondary N) is 1. The van der Waals surface area contributed by atoms with Gasteiger partial charge in [0.05, 0.1) is 18.1 Å². The van der Waals surface area contributed by atoms with Crippen LogP contribution in [0.2, 0.25) is 0 Å². The van der Waals surface area contributed by atoms with Gasteiger partial charge in [0.2, 0.25) is 0 Å². The molecule has 3 aromatic heterocycles. The number of aliphatic carboxylic acids is 1. The number of nitrogens with zero attached hydrogens (tertiary/aromatic N) is 3. The number of aromatic amines is 1. The van der Waals surface area contributed by atoms with Gasteiger partial charge in [-0.15, -0.1) is 0 Å². The summed E-state index contributed by atoms with van der Waals surface area (Å²) in [7, 11) is 0. The van der Waals surface area contributed by atoms with Crippen LogP contribution in [-0.4, -0.2) is 50.1 Å². The molecule has 190 valence electrons. The number of pyridine rings is 2. The highest BCUT2D eigenvalue weighted by atomic mass is 19.4. The molecule has 0 amide bonds. The van der Waals surface area contributed by atoms with Gasteiger partial charge in [0, 0.05) is 28.9 Å². The molecule has 8 nitrogen and oxygen atoms in total. The van der Waals surface area contributed by atoms with Gasteiger partial charge in [0.1, 0.15) is 17.9 Å². The third-order valence-corrected chi connectivity index (χ3v) is 4.86. The SMILES string of the molecule is Cc1[nH]nc2cnc(-c3cncc(OC[C@@H](N)Cc4cccc(F)c4F)c3)cc12.O=C(O)C(F)(F)F. The molecule has 0 unspecified atom stereocenters. The Hall–Kier alpha value is -4.13. The summed E-state index contributed by atoms with van der Waals surface area (Å²) >= 11 is 0. The molecule has 0 radical (unpaired) electrons. The highest BCUT2D eigenvalue weighted by molar-refractivity contribution is 5.84. The lowest BCUT2D eigenvalue weighted by Crippen LogP contribution is -2.30. The standard InChI is InChI=1S/C21H19F2N5O.C2HF3O2/c1-12-17-7-19(26-10-20(17)28-27-12)14-6-16(9-25-8-14)29-11-15(24)5-13-3-2-4-18(22)21(13)23;3-2(4,5)1(6)7/h2-4,6-10,15H,5,11,24H2,1H3,(H,27,28);(H,6,7)/t15-;/m0./s1. The Balaban J connectivity index is 0.000000454. The summed E-state index contributed by atoms with van der Waals surface area (Å²) in [5.74, 6) is -4.00. The second-order valence-corrected chi connectivity index (χ2v) is 7.64. The van der Waals surface area contributed by atoms with Gasteiger partial charge in [-0.05, 0) is 37.1 Å². The van der Waals surface area contributed by atoms with Crippen molar-refractivity contribution in [2.75, 3.05) is 6.61 Å². The number of carboxylic acids is 1. The smallest absolute Gasteiger partial charge is 0.490 e. The molecule has 4 aromatic rings. The van der Waals surface area contributed by atoms with Gasteiger partial charge in [-0.1, -0.05) is 12.1 Å². The van der Waals surface area contributed by atoms with Crippen molar-refractivity contribution in [1.29, 1.82) is 0 Å². The fourth-order valence-electron chi connectivity index (χ4n) is 3.09.